The largest absolute Gasteiger partial charge is 0.477 e. The fraction of sp³-hybridized carbons (Fsp3) is 0.417. The normalized spacial score (nSPS) is 10.0. The number of hydrogen-bond donors (Lipinski definition) is 2. The molecule has 0 aliphatic rings. The molecule has 7 heteroatoms. The highest BCUT2D eigenvalue weighted by molar-refractivity contribution is 5.77. The Balaban J connectivity index is 2.72. The molecule has 0 bridgehead atoms. The summed E-state index contributed by atoms with van der Waals surface area (Å²) in [5.74, 6) is -0.323. The third-order valence-electron chi connectivity index (χ3n) is 2.33. The van der Waals surface area contributed by atoms with E-state index < -0.39 is 4.92 Å². The SMILES string of the molecule is CCCNC(=O)COc1ccc(CO)cc1[N+](=O)[O-]. The lowest BCUT2D eigenvalue weighted by Gasteiger charge is -2.08. The molecule has 0 aliphatic carbocycles. The topological polar surface area (TPSA) is 102 Å². The number of carbonyl (C=O) groups excluding carboxylic acids is 1. The molecule has 2 N–H and O–H groups in total. The van der Waals surface area contributed by atoms with Crippen molar-refractivity contribution in [3.05, 3.63) is 33.9 Å². The molecule has 0 radical (unpaired) electrons. The summed E-state index contributed by atoms with van der Waals surface area (Å²) in [5.41, 5.74) is 0.143. The Bertz CT molecular complexity index is 461. The number of aliphatic hydroxyl groups is 1. The third kappa shape index (κ3) is 4.55. The Morgan fingerprint density at radius 3 is 2.84 bits per heavy atom. The molecule has 1 aromatic rings. The van der Waals surface area contributed by atoms with E-state index in [1.165, 1.54) is 18.2 Å². The molecule has 0 aromatic heterocycles. The molecule has 19 heavy (non-hydrogen) atoms. The maximum Gasteiger partial charge on any atom is 0.311 e. The predicted octanol–water partition coefficient (Wildman–Crippen LogP) is 0.992. The first-order chi connectivity index (χ1) is 9.08. The molecule has 0 unspecified atom stereocenters. The number of aliphatic hydroxyl groups excluding tert-OH is 1. The maximum absolute atomic E-state index is 11.3. The van der Waals surface area contributed by atoms with Crippen LogP contribution in [-0.4, -0.2) is 29.1 Å². The van der Waals surface area contributed by atoms with Gasteiger partial charge in [-0.15, -0.1) is 0 Å². The molecular weight excluding hydrogens is 252 g/mol. The summed E-state index contributed by atoms with van der Waals surface area (Å²) >= 11 is 0. The number of benzene rings is 1. The number of nitrogens with zero attached hydrogens (tertiary/aromatic N) is 1. The number of nitrogens with one attached hydrogen (secondary N) is 1. The summed E-state index contributed by atoms with van der Waals surface area (Å²) in [6, 6.07) is 4.10. The highest BCUT2D eigenvalue weighted by Crippen LogP contribution is 2.27. The van der Waals surface area contributed by atoms with Crippen LogP contribution in [0.25, 0.3) is 0 Å². The van der Waals surface area contributed by atoms with E-state index in [9.17, 15) is 14.9 Å². The van der Waals surface area contributed by atoms with Gasteiger partial charge in [-0.05, 0) is 18.1 Å². The van der Waals surface area contributed by atoms with Crippen molar-refractivity contribution >= 4 is 11.6 Å². The van der Waals surface area contributed by atoms with E-state index in [-0.39, 0.29) is 30.6 Å². The van der Waals surface area contributed by atoms with Crippen LogP contribution in [0.15, 0.2) is 18.2 Å². The van der Waals surface area contributed by atoms with E-state index in [2.05, 4.69) is 5.32 Å². The standard InChI is InChI=1S/C12H16N2O5/c1-2-5-13-12(16)8-19-11-4-3-9(7-15)6-10(11)14(17)18/h3-4,6,15H,2,5,7-8H2,1H3,(H,13,16). The first kappa shape index (κ1) is 14.9. The summed E-state index contributed by atoms with van der Waals surface area (Å²) in [4.78, 5) is 21.6. The molecule has 0 aliphatic heterocycles. The van der Waals surface area contributed by atoms with Gasteiger partial charge in [0.1, 0.15) is 0 Å². The van der Waals surface area contributed by atoms with Gasteiger partial charge < -0.3 is 15.2 Å². The average Bonchev–Trinajstić information content (AvgIpc) is 2.42. The van der Waals surface area contributed by atoms with E-state index in [0.29, 0.717) is 12.1 Å². The minimum Gasteiger partial charge on any atom is -0.477 e. The number of nitro benzene ring substituents is 1. The number of ether oxygens (including phenoxy) is 1. The van der Waals surface area contributed by atoms with Crippen LogP contribution in [0.5, 0.6) is 5.75 Å². The predicted molar refractivity (Wildman–Crippen MR) is 67.8 cm³/mol. The van der Waals surface area contributed by atoms with Crippen molar-refractivity contribution in [1.82, 2.24) is 5.32 Å². The summed E-state index contributed by atoms with van der Waals surface area (Å²) < 4.78 is 5.12. The average molecular weight is 268 g/mol. The molecular formula is C12H16N2O5. The zero-order chi connectivity index (χ0) is 14.3. The fourth-order valence-electron chi connectivity index (χ4n) is 1.38. The van der Waals surface area contributed by atoms with Gasteiger partial charge >= 0.3 is 5.69 Å². The van der Waals surface area contributed by atoms with Crippen LogP contribution < -0.4 is 10.1 Å². The summed E-state index contributed by atoms with van der Waals surface area (Å²) in [7, 11) is 0. The number of nitro groups is 1. The molecule has 0 heterocycles. The Morgan fingerprint density at radius 2 is 2.26 bits per heavy atom. The van der Waals surface area contributed by atoms with Gasteiger partial charge in [0.25, 0.3) is 5.91 Å². The van der Waals surface area contributed by atoms with E-state index in [1.54, 1.807) is 0 Å². The van der Waals surface area contributed by atoms with Crippen molar-refractivity contribution in [2.24, 2.45) is 0 Å². The lowest BCUT2D eigenvalue weighted by molar-refractivity contribution is -0.385. The lowest BCUT2D eigenvalue weighted by atomic mass is 10.2. The molecule has 104 valence electrons. The van der Waals surface area contributed by atoms with Crippen molar-refractivity contribution < 1.29 is 19.6 Å². The van der Waals surface area contributed by atoms with Crippen LogP contribution in [0.1, 0.15) is 18.9 Å². The number of amides is 1. The van der Waals surface area contributed by atoms with Crippen LogP contribution in [0.2, 0.25) is 0 Å². The first-order valence-corrected chi connectivity index (χ1v) is 5.86. The van der Waals surface area contributed by atoms with Gasteiger partial charge in [0.2, 0.25) is 0 Å². The van der Waals surface area contributed by atoms with Gasteiger partial charge in [0, 0.05) is 12.6 Å². The molecule has 0 atom stereocenters. The van der Waals surface area contributed by atoms with E-state index in [1.807, 2.05) is 6.92 Å². The van der Waals surface area contributed by atoms with E-state index in [4.69, 9.17) is 9.84 Å². The second-order valence-corrected chi connectivity index (χ2v) is 3.86. The summed E-state index contributed by atoms with van der Waals surface area (Å²) in [5, 5.41) is 22.4. The number of carbonyl (C=O) groups is 1. The molecule has 1 aromatic carbocycles. The van der Waals surface area contributed by atoms with Crippen molar-refractivity contribution in [2.75, 3.05) is 13.2 Å². The lowest BCUT2D eigenvalue weighted by Crippen LogP contribution is -2.29. The van der Waals surface area contributed by atoms with Crippen molar-refractivity contribution in [3.8, 4) is 5.75 Å². The number of hydrogen-bond acceptors (Lipinski definition) is 5. The Hall–Kier alpha value is -2.15. The Morgan fingerprint density at radius 1 is 1.53 bits per heavy atom. The Kier molecular flexibility index (Phi) is 5.74. The summed E-state index contributed by atoms with van der Waals surface area (Å²) in [6.45, 7) is 1.88. The number of rotatable bonds is 7. The molecule has 0 saturated carbocycles. The van der Waals surface area contributed by atoms with Gasteiger partial charge in [-0.25, -0.2) is 0 Å². The zero-order valence-electron chi connectivity index (χ0n) is 10.6. The summed E-state index contributed by atoms with van der Waals surface area (Å²) in [6.07, 6.45) is 0.803. The van der Waals surface area contributed by atoms with Gasteiger partial charge in [-0.2, -0.15) is 0 Å². The molecule has 0 saturated heterocycles. The van der Waals surface area contributed by atoms with Crippen molar-refractivity contribution in [2.45, 2.75) is 20.0 Å². The van der Waals surface area contributed by atoms with Crippen LogP contribution in [-0.2, 0) is 11.4 Å². The molecule has 1 amide bonds. The highest BCUT2D eigenvalue weighted by Gasteiger charge is 2.16. The van der Waals surface area contributed by atoms with Crippen molar-refractivity contribution in [1.29, 1.82) is 0 Å². The quantitative estimate of drug-likeness (QED) is 0.567. The van der Waals surface area contributed by atoms with Crippen LogP contribution in [0, 0.1) is 10.1 Å². The van der Waals surface area contributed by atoms with Gasteiger partial charge in [-0.1, -0.05) is 13.0 Å². The zero-order valence-corrected chi connectivity index (χ0v) is 10.6. The van der Waals surface area contributed by atoms with Gasteiger partial charge in [0.15, 0.2) is 12.4 Å². The molecule has 0 fully saturated rings. The molecule has 7 nitrogen and oxygen atoms in total. The molecule has 0 spiro atoms. The minimum absolute atomic E-state index is 0.00819. The van der Waals surface area contributed by atoms with Gasteiger partial charge in [0.05, 0.1) is 11.5 Å². The highest BCUT2D eigenvalue weighted by atomic mass is 16.6. The van der Waals surface area contributed by atoms with Gasteiger partial charge in [-0.3, -0.25) is 14.9 Å². The van der Waals surface area contributed by atoms with Crippen LogP contribution in [0.3, 0.4) is 0 Å². The fourth-order valence-corrected chi connectivity index (χ4v) is 1.38. The first-order valence-electron chi connectivity index (χ1n) is 5.86. The smallest absolute Gasteiger partial charge is 0.311 e. The van der Waals surface area contributed by atoms with E-state index in [0.717, 1.165) is 6.42 Å². The monoisotopic (exact) mass is 268 g/mol. The second kappa shape index (κ2) is 7.32. The minimum atomic E-state index is -0.613. The van der Waals surface area contributed by atoms with E-state index >= 15 is 0 Å². The Labute approximate surface area is 110 Å². The van der Waals surface area contributed by atoms with Crippen LogP contribution in [0.4, 0.5) is 5.69 Å². The van der Waals surface area contributed by atoms with Crippen molar-refractivity contribution in [3.63, 3.8) is 0 Å². The maximum atomic E-state index is 11.3. The van der Waals surface area contributed by atoms with Crippen LogP contribution >= 0.6 is 0 Å². The second-order valence-electron chi connectivity index (χ2n) is 3.86. The third-order valence-corrected chi connectivity index (χ3v) is 2.33. The molecule has 1 rings (SSSR count).